The van der Waals surface area contributed by atoms with Gasteiger partial charge in [0.25, 0.3) is 5.78 Å². The Labute approximate surface area is 219 Å². The number of hydrogen-bond donors (Lipinski definition) is 0. The Bertz CT molecular complexity index is 1380. The Morgan fingerprint density at radius 1 is 0.667 bits per heavy atom. The molecule has 0 saturated heterocycles. The molecule has 4 aromatic rings. The second-order valence-corrected chi connectivity index (χ2v) is 12.3. The van der Waals surface area contributed by atoms with Gasteiger partial charge in [0, 0.05) is 15.3 Å². The Morgan fingerprint density at radius 3 is 1.50 bits per heavy atom. The highest BCUT2D eigenvalue weighted by Crippen LogP contribution is 2.48. The number of halogens is 1. The summed E-state index contributed by atoms with van der Waals surface area (Å²) in [7, 11) is 1.17. The number of hydrogen-bond acceptors (Lipinski definition) is 4. The number of benzene rings is 4. The summed E-state index contributed by atoms with van der Waals surface area (Å²) in [6, 6.07) is 34.8. The molecule has 0 saturated carbocycles. The van der Waals surface area contributed by atoms with Gasteiger partial charge in [0.15, 0.2) is 5.78 Å². The molecule has 0 radical (unpaired) electrons. The van der Waals surface area contributed by atoms with Crippen LogP contribution in [0.1, 0.15) is 22.8 Å². The van der Waals surface area contributed by atoms with Gasteiger partial charge >= 0.3 is 5.97 Å². The first-order chi connectivity index (χ1) is 17.4. The molecule has 0 bridgehead atoms. The zero-order valence-corrected chi connectivity index (χ0v) is 22.3. The normalized spacial score (nSPS) is 11.0. The van der Waals surface area contributed by atoms with Gasteiger partial charge in [-0.15, -0.1) is 0 Å². The van der Waals surface area contributed by atoms with Crippen LogP contribution >= 0.6 is 22.8 Å². The second-order valence-electron chi connectivity index (χ2n) is 8.09. The molecule has 0 aromatic heterocycles. The molecular weight excluding hydrogens is 535 g/mol. The van der Waals surface area contributed by atoms with E-state index < -0.39 is 18.6 Å². The van der Waals surface area contributed by atoms with E-state index >= 15 is 0 Å². The SMILES string of the molecule is COC(=O)C(=O)c1cc(Br)ccc1C(C(C)=O)=P(c1ccccc1)(c1ccccc1)c1ccccc1. The lowest BCUT2D eigenvalue weighted by atomic mass is 9.99. The summed E-state index contributed by atoms with van der Waals surface area (Å²) in [6.45, 7) is -1.29. The maximum Gasteiger partial charge on any atom is 0.379 e. The Hall–Kier alpha value is -3.53. The van der Waals surface area contributed by atoms with Crippen LogP contribution in [0.4, 0.5) is 0 Å². The summed E-state index contributed by atoms with van der Waals surface area (Å²) in [5.74, 6) is -1.97. The average Bonchev–Trinajstić information content (AvgIpc) is 2.92. The first kappa shape index (κ1) is 25.6. The van der Waals surface area contributed by atoms with Crippen molar-refractivity contribution in [3.63, 3.8) is 0 Å². The van der Waals surface area contributed by atoms with Crippen LogP contribution in [-0.2, 0) is 14.3 Å². The van der Waals surface area contributed by atoms with Crippen molar-refractivity contribution < 1.29 is 19.1 Å². The third-order valence-electron chi connectivity index (χ3n) is 5.95. The molecule has 36 heavy (non-hydrogen) atoms. The number of methoxy groups -OCH3 is 1. The molecule has 0 aliphatic rings. The molecule has 0 fully saturated rings. The summed E-state index contributed by atoms with van der Waals surface area (Å²) in [5.41, 5.74) is 0.541. The lowest BCUT2D eigenvalue weighted by Gasteiger charge is -2.33. The molecule has 4 nitrogen and oxygen atoms in total. The second kappa shape index (κ2) is 11.0. The van der Waals surface area contributed by atoms with Crippen LogP contribution in [0, 0.1) is 0 Å². The molecule has 0 amide bonds. The molecule has 0 aliphatic heterocycles. The lowest BCUT2D eigenvalue weighted by Crippen LogP contribution is -2.34. The summed E-state index contributed by atoms with van der Waals surface area (Å²) in [4.78, 5) is 39.3. The predicted molar refractivity (Wildman–Crippen MR) is 150 cm³/mol. The minimum Gasteiger partial charge on any atom is -0.463 e. The average molecular weight is 559 g/mol. The highest BCUT2D eigenvalue weighted by atomic mass is 79.9. The zero-order chi connectivity index (χ0) is 25.7. The van der Waals surface area contributed by atoms with Gasteiger partial charge in [0.2, 0.25) is 0 Å². The molecule has 0 heterocycles. The van der Waals surface area contributed by atoms with Gasteiger partial charge in [-0.3, -0.25) is 9.59 Å². The highest BCUT2D eigenvalue weighted by Gasteiger charge is 2.35. The van der Waals surface area contributed by atoms with Crippen LogP contribution in [0.25, 0.3) is 0 Å². The molecular formula is C30H24BrO4P. The van der Waals surface area contributed by atoms with Crippen molar-refractivity contribution in [2.75, 3.05) is 7.11 Å². The van der Waals surface area contributed by atoms with Crippen molar-refractivity contribution in [3.8, 4) is 0 Å². The first-order valence-corrected chi connectivity index (χ1v) is 13.9. The highest BCUT2D eigenvalue weighted by molar-refractivity contribution is 9.10. The molecule has 0 N–H and O–H groups in total. The maximum atomic E-state index is 13.8. The van der Waals surface area contributed by atoms with E-state index in [9.17, 15) is 14.4 Å². The van der Waals surface area contributed by atoms with Crippen molar-refractivity contribution in [3.05, 3.63) is 125 Å². The minimum atomic E-state index is -2.81. The quantitative estimate of drug-likeness (QED) is 0.140. The van der Waals surface area contributed by atoms with Gasteiger partial charge in [0.05, 0.1) is 7.11 Å². The summed E-state index contributed by atoms with van der Waals surface area (Å²) in [5, 5.41) is 3.39. The monoisotopic (exact) mass is 558 g/mol. The summed E-state index contributed by atoms with van der Waals surface area (Å²) in [6.07, 6.45) is 0. The van der Waals surface area contributed by atoms with Gasteiger partial charge in [-0.05, 0) is 47.4 Å². The van der Waals surface area contributed by atoms with Crippen molar-refractivity contribution >= 4 is 61.6 Å². The van der Waals surface area contributed by atoms with E-state index in [4.69, 9.17) is 4.74 Å². The molecule has 6 heteroatoms. The smallest absolute Gasteiger partial charge is 0.379 e. The number of carbonyl (C=O) groups excluding carboxylic acids is 3. The van der Waals surface area contributed by atoms with E-state index in [0.29, 0.717) is 15.3 Å². The standard InChI is InChI=1S/C30H24BrO4P/c1-21(32)29(26-19-18-22(31)20-27(26)28(33)30(34)35-2)36(23-12-6-3-7-13-23,24-14-8-4-9-15-24)25-16-10-5-11-17-25/h3-20H,1-2H3. The summed E-state index contributed by atoms with van der Waals surface area (Å²) < 4.78 is 5.37. The molecule has 0 unspecified atom stereocenters. The third kappa shape index (κ3) is 4.65. The molecule has 0 spiro atoms. The number of esters is 1. The molecule has 180 valence electrons. The van der Waals surface area contributed by atoms with Crippen molar-refractivity contribution in [2.24, 2.45) is 0 Å². The fraction of sp³-hybridized carbons (Fsp3) is 0.0667. The van der Waals surface area contributed by atoms with Gasteiger partial charge in [-0.1, -0.05) is 113 Å². The predicted octanol–water partition coefficient (Wildman–Crippen LogP) is 4.91. The maximum absolute atomic E-state index is 13.8. The summed E-state index contributed by atoms with van der Waals surface area (Å²) >= 11 is 3.42. The van der Waals surface area contributed by atoms with E-state index in [1.807, 2.05) is 91.0 Å². The molecule has 4 rings (SSSR count). The van der Waals surface area contributed by atoms with Crippen molar-refractivity contribution in [1.82, 2.24) is 0 Å². The van der Waals surface area contributed by atoms with Gasteiger partial charge < -0.3 is 4.74 Å². The molecule has 4 aromatic carbocycles. The minimum absolute atomic E-state index is 0.119. The van der Waals surface area contributed by atoms with Crippen LogP contribution < -0.4 is 15.9 Å². The van der Waals surface area contributed by atoms with E-state index in [0.717, 1.165) is 15.9 Å². The van der Waals surface area contributed by atoms with Crippen molar-refractivity contribution in [2.45, 2.75) is 6.92 Å². The van der Waals surface area contributed by atoms with Crippen LogP contribution in [0.3, 0.4) is 0 Å². The fourth-order valence-corrected chi connectivity index (χ4v) is 9.43. The Morgan fingerprint density at radius 2 is 1.11 bits per heavy atom. The number of rotatable bonds is 7. The lowest BCUT2D eigenvalue weighted by molar-refractivity contribution is -0.135. The van der Waals surface area contributed by atoms with Gasteiger partial charge in [-0.2, -0.15) is 0 Å². The number of ketones is 2. The van der Waals surface area contributed by atoms with E-state index in [-0.39, 0.29) is 11.3 Å². The van der Waals surface area contributed by atoms with Crippen LogP contribution in [-0.4, -0.2) is 29.9 Å². The van der Waals surface area contributed by atoms with Crippen LogP contribution in [0.5, 0.6) is 0 Å². The van der Waals surface area contributed by atoms with E-state index in [1.165, 1.54) is 14.0 Å². The van der Waals surface area contributed by atoms with Gasteiger partial charge in [-0.25, -0.2) is 4.79 Å². The van der Waals surface area contributed by atoms with E-state index in [2.05, 4.69) is 15.9 Å². The Kier molecular flexibility index (Phi) is 7.83. The number of carbonyl (C=O) groups is 3. The number of ether oxygens (including phenoxy) is 1. The largest absolute Gasteiger partial charge is 0.463 e. The number of Topliss-reactive ketones (excluding diaryl/α,β-unsaturated/α-hetero) is 2. The van der Waals surface area contributed by atoms with E-state index in [1.54, 1.807) is 18.2 Å². The van der Waals surface area contributed by atoms with Gasteiger partial charge in [0.1, 0.15) is 0 Å². The Balaban J connectivity index is 2.32. The van der Waals surface area contributed by atoms with Crippen molar-refractivity contribution in [1.29, 1.82) is 0 Å². The van der Waals surface area contributed by atoms with Crippen LogP contribution in [0.15, 0.2) is 114 Å². The topological polar surface area (TPSA) is 60.4 Å². The molecule has 0 atom stereocenters. The zero-order valence-electron chi connectivity index (χ0n) is 19.9. The molecule has 0 aliphatic carbocycles. The fourth-order valence-electron chi connectivity index (χ4n) is 4.51. The first-order valence-electron chi connectivity index (χ1n) is 11.3. The van der Waals surface area contributed by atoms with Crippen LogP contribution in [0.2, 0.25) is 0 Å². The third-order valence-corrected chi connectivity index (χ3v) is 10.9.